The second-order valence-corrected chi connectivity index (χ2v) is 5.20. The van der Waals surface area contributed by atoms with Crippen molar-refractivity contribution in [1.82, 2.24) is 0 Å². The topological polar surface area (TPSA) is 9.23 Å². The Balaban J connectivity index is 2.33. The zero-order chi connectivity index (χ0) is 18.5. The van der Waals surface area contributed by atoms with Gasteiger partial charge in [0.2, 0.25) is 6.10 Å². The van der Waals surface area contributed by atoms with Crippen LogP contribution in [0.2, 0.25) is 0 Å². The van der Waals surface area contributed by atoms with Crippen molar-refractivity contribution in [3.8, 4) is 0 Å². The lowest BCUT2D eigenvalue weighted by molar-refractivity contribution is -0.328. The van der Waals surface area contributed by atoms with Crippen molar-refractivity contribution < 1.29 is 31.1 Å². The molecule has 0 aliphatic heterocycles. The number of alkyl halides is 6. The minimum atomic E-state index is -5.56. The predicted molar refractivity (Wildman–Crippen MR) is 81.6 cm³/mol. The van der Waals surface area contributed by atoms with E-state index in [1.54, 1.807) is 36.4 Å². The molecule has 1 nitrogen and oxygen atoms in total. The summed E-state index contributed by atoms with van der Waals surface area (Å²) < 4.78 is 81.2. The van der Waals surface area contributed by atoms with Gasteiger partial charge in [0.25, 0.3) is 0 Å². The van der Waals surface area contributed by atoms with Gasteiger partial charge in [0.15, 0.2) is 0 Å². The molecule has 0 aliphatic rings. The molecule has 1 atom stereocenters. The first kappa shape index (κ1) is 19.1. The van der Waals surface area contributed by atoms with E-state index in [0.29, 0.717) is 5.56 Å². The van der Waals surface area contributed by atoms with Crippen LogP contribution >= 0.6 is 0 Å². The van der Waals surface area contributed by atoms with Gasteiger partial charge in [-0.15, -0.1) is 0 Å². The maximum absolute atomic E-state index is 12.8. The van der Waals surface area contributed by atoms with Gasteiger partial charge in [0.1, 0.15) is 6.10 Å². The first-order chi connectivity index (χ1) is 11.7. The molecule has 1 unspecified atom stereocenters. The second-order valence-electron chi connectivity index (χ2n) is 5.20. The summed E-state index contributed by atoms with van der Waals surface area (Å²) in [6.07, 6.45) is -13.9. The first-order valence-electron chi connectivity index (χ1n) is 7.25. The number of rotatable bonds is 5. The molecule has 0 spiro atoms. The highest BCUT2D eigenvalue weighted by molar-refractivity contribution is 5.50. The molecular formula is C18H14F6O. The Morgan fingerprint density at radius 2 is 1.20 bits per heavy atom. The molecule has 0 fully saturated rings. The second kappa shape index (κ2) is 7.74. The first-order valence-corrected chi connectivity index (χ1v) is 7.25. The molecular weight excluding hydrogens is 346 g/mol. The highest BCUT2D eigenvalue weighted by atomic mass is 19.4. The molecule has 134 valence electrons. The zero-order valence-corrected chi connectivity index (χ0v) is 12.8. The molecule has 0 N–H and O–H groups in total. The van der Waals surface area contributed by atoms with Gasteiger partial charge in [0.05, 0.1) is 0 Å². The molecule has 0 saturated heterocycles. The van der Waals surface area contributed by atoms with Crippen molar-refractivity contribution >= 4 is 6.08 Å². The van der Waals surface area contributed by atoms with Crippen molar-refractivity contribution in [2.45, 2.75) is 24.6 Å². The summed E-state index contributed by atoms with van der Waals surface area (Å²) in [5.74, 6) is 0. The lowest BCUT2D eigenvalue weighted by atomic mass is 10.1. The monoisotopic (exact) mass is 360 g/mol. The van der Waals surface area contributed by atoms with Gasteiger partial charge in [-0.3, -0.25) is 0 Å². The normalized spacial score (nSPS) is 14.2. The molecule has 25 heavy (non-hydrogen) atoms. The van der Waals surface area contributed by atoms with Crippen LogP contribution in [0, 0.1) is 0 Å². The van der Waals surface area contributed by atoms with Crippen molar-refractivity contribution in [2.24, 2.45) is 0 Å². The van der Waals surface area contributed by atoms with Gasteiger partial charge in [-0.2, -0.15) is 26.3 Å². The Morgan fingerprint density at radius 3 is 1.68 bits per heavy atom. The summed E-state index contributed by atoms with van der Waals surface area (Å²) in [7, 11) is 0. The average Bonchev–Trinajstić information content (AvgIpc) is 2.54. The number of hydrogen-bond acceptors (Lipinski definition) is 1. The van der Waals surface area contributed by atoms with Crippen LogP contribution in [0.4, 0.5) is 26.3 Å². The Morgan fingerprint density at radius 1 is 0.720 bits per heavy atom. The van der Waals surface area contributed by atoms with Gasteiger partial charge < -0.3 is 4.74 Å². The van der Waals surface area contributed by atoms with E-state index in [0.717, 1.165) is 0 Å². The lowest BCUT2D eigenvalue weighted by Gasteiger charge is -2.27. The van der Waals surface area contributed by atoms with Crippen molar-refractivity contribution in [2.75, 3.05) is 0 Å². The maximum atomic E-state index is 12.8. The van der Waals surface area contributed by atoms with Gasteiger partial charge in [-0.1, -0.05) is 72.8 Å². The molecule has 0 saturated carbocycles. The minimum absolute atomic E-state index is 0.188. The molecule has 0 aromatic heterocycles. The van der Waals surface area contributed by atoms with E-state index in [1.165, 1.54) is 36.4 Å². The largest absolute Gasteiger partial charge is 0.423 e. The predicted octanol–water partition coefficient (Wildman–Crippen LogP) is 5.95. The van der Waals surface area contributed by atoms with E-state index in [2.05, 4.69) is 4.74 Å². The average molecular weight is 360 g/mol. The van der Waals surface area contributed by atoms with E-state index >= 15 is 0 Å². The van der Waals surface area contributed by atoms with E-state index in [4.69, 9.17) is 0 Å². The molecule has 0 heterocycles. The Labute approximate surface area is 140 Å². The van der Waals surface area contributed by atoms with Crippen LogP contribution in [0.15, 0.2) is 66.7 Å². The van der Waals surface area contributed by atoms with Crippen LogP contribution in [-0.2, 0) is 4.74 Å². The number of halogens is 6. The lowest BCUT2D eigenvalue weighted by Crippen LogP contribution is -2.44. The number of hydrogen-bond donors (Lipinski definition) is 0. The van der Waals surface area contributed by atoms with Crippen molar-refractivity contribution in [3.05, 3.63) is 77.9 Å². The number of ether oxygens (including phenoxy) is 1. The molecule has 7 heteroatoms. The summed E-state index contributed by atoms with van der Waals surface area (Å²) in [5.41, 5.74) is 0.816. The maximum Gasteiger partial charge on any atom is 0.423 e. The summed E-state index contributed by atoms with van der Waals surface area (Å²) >= 11 is 0. The van der Waals surface area contributed by atoms with Crippen LogP contribution in [-0.4, -0.2) is 18.5 Å². The van der Waals surface area contributed by atoms with Crippen LogP contribution in [0.1, 0.15) is 17.2 Å². The minimum Gasteiger partial charge on any atom is -0.348 e. The fraction of sp³-hybridized carbons (Fsp3) is 0.222. The van der Waals surface area contributed by atoms with Gasteiger partial charge in [0, 0.05) is 0 Å². The Kier molecular flexibility index (Phi) is 5.89. The molecule has 0 radical (unpaired) electrons. The van der Waals surface area contributed by atoms with Gasteiger partial charge in [-0.25, -0.2) is 0 Å². The van der Waals surface area contributed by atoms with Crippen LogP contribution in [0.25, 0.3) is 6.08 Å². The molecule has 2 rings (SSSR count). The Hall–Kier alpha value is -2.28. The van der Waals surface area contributed by atoms with Crippen LogP contribution < -0.4 is 0 Å². The van der Waals surface area contributed by atoms with Crippen LogP contribution in [0.5, 0.6) is 0 Å². The summed E-state index contributed by atoms with van der Waals surface area (Å²) in [4.78, 5) is 0. The Bertz CT molecular complexity index is 662. The summed E-state index contributed by atoms with van der Waals surface area (Å²) in [6, 6.07) is 15.9. The highest BCUT2D eigenvalue weighted by Crippen LogP contribution is 2.39. The fourth-order valence-electron chi connectivity index (χ4n) is 2.13. The molecule has 2 aromatic carbocycles. The van der Waals surface area contributed by atoms with E-state index in [1.807, 2.05) is 0 Å². The number of benzene rings is 2. The summed E-state index contributed by atoms with van der Waals surface area (Å²) in [5, 5.41) is 0. The van der Waals surface area contributed by atoms with Crippen molar-refractivity contribution in [1.29, 1.82) is 0 Å². The molecule has 0 amide bonds. The van der Waals surface area contributed by atoms with Crippen LogP contribution in [0.3, 0.4) is 0 Å². The molecule has 2 aromatic rings. The van der Waals surface area contributed by atoms with E-state index in [9.17, 15) is 26.3 Å². The third kappa shape index (κ3) is 5.63. The smallest absolute Gasteiger partial charge is 0.348 e. The molecule has 0 aliphatic carbocycles. The van der Waals surface area contributed by atoms with Gasteiger partial charge >= 0.3 is 12.4 Å². The fourth-order valence-corrected chi connectivity index (χ4v) is 2.13. The van der Waals surface area contributed by atoms with E-state index < -0.39 is 24.6 Å². The molecule has 0 bridgehead atoms. The third-order valence-electron chi connectivity index (χ3n) is 3.27. The zero-order valence-electron chi connectivity index (χ0n) is 12.8. The van der Waals surface area contributed by atoms with Crippen molar-refractivity contribution in [3.63, 3.8) is 0 Å². The highest BCUT2D eigenvalue weighted by Gasteiger charge is 2.58. The SMILES string of the molecule is FC(F)(F)C(OC(/C=C/c1ccccc1)c1ccccc1)C(F)(F)F. The standard InChI is InChI=1S/C18H14F6O/c19-17(20,21)16(18(22,23)24)25-15(14-9-5-2-6-10-14)12-11-13-7-3-1-4-8-13/h1-12,15-16H/b12-11+. The quantitative estimate of drug-likeness (QED) is 0.599. The summed E-state index contributed by atoms with van der Waals surface area (Å²) in [6.45, 7) is 0. The third-order valence-corrected chi connectivity index (χ3v) is 3.27. The van der Waals surface area contributed by atoms with Gasteiger partial charge in [-0.05, 0) is 11.1 Å². The van der Waals surface area contributed by atoms with E-state index in [-0.39, 0.29) is 5.56 Å².